The van der Waals surface area contributed by atoms with Gasteiger partial charge in [0.2, 0.25) is 0 Å². The van der Waals surface area contributed by atoms with Crippen LogP contribution in [0.1, 0.15) is 39.1 Å². The first-order valence-electron chi connectivity index (χ1n) is 8.46. The number of nitro groups is 1. The third-order valence-electron chi connectivity index (χ3n) is 4.44. The van der Waals surface area contributed by atoms with Crippen molar-refractivity contribution in [1.82, 2.24) is 10.2 Å². The van der Waals surface area contributed by atoms with E-state index in [1.807, 2.05) is 12.1 Å². The molecule has 8 heteroatoms. The predicted octanol–water partition coefficient (Wildman–Crippen LogP) is 3.41. The van der Waals surface area contributed by atoms with Crippen LogP contribution in [0.25, 0.3) is 0 Å². The fraction of sp³-hybridized carbons (Fsp3) is 0.263. The summed E-state index contributed by atoms with van der Waals surface area (Å²) in [5, 5.41) is 13.5. The zero-order valence-corrected chi connectivity index (χ0v) is 15.4. The summed E-state index contributed by atoms with van der Waals surface area (Å²) in [6, 6.07) is 11.0. The number of nitrogens with one attached hydrogen (secondary N) is 1. The van der Waals surface area contributed by atoms with Crippen molar-refractivity contribution in [3.63, 3.8) is 0 Å². The Bertz CT molecular complexity index is 894. The summed E-state index contributed by atoms with van der Waals surface area (Å²) in [5.74, 6) is -0.429. The molecule has 0 spiro atoms. The Hall–Kier alpha value is -2.93. The summed E-state index contributed by atoms with van der Waals surface area (Å²) in [7, 11) is 1.57. The van der Waals surface area contributed by atoms with Crippen molar-refractivity contribution >= 4 is 29.1 Å². The average Bonchev–Trinajstić information content (AvgIpc) is 3.50. The van der Waals surface area contributed by atoms with Crippen LogP contribution in [0, 0.1) is 10.1 Å². The van der Waals surface area contributed by atoms with Crippen LogP contribution in [0.5, 0.6) is 0 Å². The van der Waals surface area contributed by atoms with Gasteiger partial charge in [0.15, 0.2) is 0 Å². The second-order valence-corrected chi connectivity index (χ2v) is 6.77. The number of nitro benzene ring substituents is 1. The number of benzene rings is 2. The molecule has 1 aliphatic carbocycles. The third-order valence-corrected chi connectivity index (χ3v) is 4.75. The van der Waals surface area contributed by atoms with E-state index in [2.05, 4.69) is 5.32 Å². The molecule has 1 fully saturated rings. The van der Waals surface area contributed by atoms with Crippen molar-refractivity contribution in [2.24, 2.45) is 0 Å². The predicted molar refractivity (Wildman–Crippen MR) is 101 cm³/mol. The molecule has 1 aliphatic rings. The molecule has 3 rings (SSSR count). The molecule has 0 heterocycles. The van der Waals surface area contributed by atoms with Gasteiger partial charge in [-0.15, -0.1) is 0 Å². The van der Waals surface area contributed by atoms with Gasteiger partial charge >= 0.3 is 0 Å². The van der Waals surface area contributed by atoms with Gasteiger partial charge in [0.1, 0.15) is 0 Å². The molecule has 0 radical (unpaired) electrons. The van der Waals surface area contributed by atoms with Crippen LogP contribution in [-0.2, 0) is 6.54 Å². The highest BCUT2D eigenvalue weighted by atomic mass is 35.5. The highest BCUT2D eigenvalue weighted by molar-refractivity contribution is 6.34. The fourth-order valence-electron chi connectivity index (χ4n) is 2.80. The molecule has 7 nitrogen and oxygen atoms in total. The van der Waals surface area contributed by atoms with E-state index in [0.717, 1.165) is 18.4 Å². The van der Waals surface area contributed by atoms with Gasteiger partial charge in [0, 0.05) is 37.3 Å². The van der Waals surface area contributed by atoms with Crippen LogP contribution in [0.15, 0.2) is 42.5 Å². The summed E-state index contributed by atoms with van der Waals surface area (Å²) in [5.41, 5.74) is 1.53. The maximum atomic E-state index is 13.0. The molecule has 2 amide bonds. The third kappa shape index (κ3) is 4.25. The van der Waals surface area contributed by atoms with E-state index in [4.69, 9.17) is 11.6 Å². The lowest BCUT2D eigenvalue weighted by Gasteiger charge is -2.23. The molecule has 1 N–H and O–H groups in total. The van der Waals surface area contributed by atoms with E-state index in [1.165, 1.54) is 18.2 Å². The molecular formula is C19H18ClN3O4. The van der Waals surface area contributed by atoms with Crippen LogP contribution in [0.2, 0.25) is 5.02 Å². The number of amides is 2. The highest BCUT2D eigenvalue weighted by Gasteiger charge is 2.34. The van der Waals surface area contributed by atoms with Crippen molar-refractivity contribution < 1.29 is 14.5 Å². The van der Waals surface area contributed by atoms with Crippen LogP contribution >= 0.6 is 11.6 Å². The molecular weight excluding hydrogens is 370 g/mol. The highest BCUT2D eigenvalue weighted by Crippen LogP contribution is 2.32. The van der Waals surface area contributed by atoms with Gasteiger partial charge in [-0.25, -0.2) is 0 Å². The summed E-state index contributed by atoms with van der Waals surface area (Å²) < 4.78 is 0. The molecule has 0 atom stereocenters. The van der Waals surface area contributed by atoms with Crippen LogP contribution in [0.3, 0.4) is 0 Å². The Labute approximate surface area is 161 Å². The van der Waals surface area contributed by atoms with Gasteiger partial charge in [0.25, 0.3) is 17.5 Å². The number of hydrogen-bond donors (Lipinski definition) is 1. The quantitative estimate of drug-likeness (QED) is 0.607. The first-order chi connectivity index (χ1) is 12.9. The number of hydrogen-bond acceptors (Lipinski definition) is 4. The second-order valence-electron chi connectivity index (χ2n) is 6.36. The van der Waals surface area contributed by atoms with E-state index in [-0.39, 0.29) is 34.1 Å². The standard InChI is InChI=1S/C19H18ClN3O4/c1-21-18(24)13-4-2-12(3-5-13)11-22(14-6-7-14)19(25)16-9-8-15(23(26)27)10-17(16)20/h2-5,8-10,14H,6-7,11H2,1H3,(H,21,24). The zero-order valence-electron chi connectivity index (χ0n) is 14.6. The van der Waals surface area contributed by atoms with Gasteiger partial charge in [-0.3, -0.25) is 19.7 Å². The minimum absolute atomic E-state index is 0.0646. The molecule has 1 saturated carbocycles. The first kappa shape index (κ1) is 18.8. The van der Waals surface area contributed by atoms with Gasteiger partial charge in [-0.1, -0.05) is 23.7 Å². The molecule has 27 heavy (non-hydrogen) atoms. The maximum Gasteiger partial charge on any atom is 0.270 e. The van der Waals surface area contributed by atoms with Crippen LogP contribution in [-0.4, -0.2) is 34.7 Å². The molecule has 0 saturated heterocycles. The van der Waals surface area contributed by atoms with Crippen molar-refractivity contribution in [1.29, 1.82) is 0 Å². The number of non-ortho nitro benzene ring substituents is 1. The summed E-state index contributed by atoms with van der Waals surface area (Å²) in [6.45, 7) is 0.380. The Morgan fingerprint density at radius 1 is 1.22 bits per heavy atom. The molecule has 0 aromatic heterocycles. The SMILES string of the molecule is CNC(=O)c1ccc(CN(C(=O)c2ccc([N+](=O)[O-])cc2Cl)C2CC2)cc1. The zero-order chi connectivity index (χ0) is 19.6. The van der Waals surface area contributed by atoms with Gasteiger partial charge < -0.3 is 10.2 Å². The fourth-order valence-corrected chi connectivity index (χ4v) is 3.06. The Morgan fingerprint density at radius 2 is 1.89 bits per heavy atom. The first-order valence-corrected chi connectivity index (χ1v) is 8.84. The van der Waals surface area contributed by atoms with Crippen molar-refractivity contribution in [2.75, 3.05) is 7.05 Å². The number of halogens is 1. The summed E-state index contributed by atoms with van der Waals surface area (Å²) >= 11 is 6.12. The van der Waals surface area contributed by atoms with Crippen LogP contribution < -0.4 is 5.32 Å². The van der Waals surface area contributed by atoms with E-state index in [0.29, 0.717) is 12.1 Å². The smallest absolute Gasteiger partial charge is 0.270 e. The lowest BCUT2D eigenvalue weighted by molar-refractivity contribution is -0.384. The van der Waals surface area contributed by atoms with E-state index in [9.17, 15) is 19.7 Å². The lowest BCUT2D eigenvalue weighted by Crippen LogP contribution is -2.32. The van der Waals surface area contributed by atoms with Crippen molar-refractivity contribution in [3.05, 3.63) is 74.3 Å². The lowest BCUT2D eigenvalue weighted by atomic mass is 10.1. The minimum atomic E-state index is -0.549. The summed E-state index contributed by atoms with van der Waals surface area (Å²) in [6.07, 6.45) is 1.82. The van der Waals surface area contributed by atoms with E-state index < -0.39 is 4.92 Å². The number of carbonyl (C=O) groups is 2. The topological polar surface area (TPSA) is 92.6 Å². The van der Waals surface area contributed by atoms with Crippen LogP contribution in [0.4, 0.5) is 5.69 Å². The van der Waals surface area contributed by atoms with Crippen molar-refractivity contribution in [2.45, 2.75) is 25.4 Å². The molecule has 140 valence electrons. The molecule has 0 aliphatic heterocycles. The van der Waals surface area contributed by atoms with Crippen molar-refractivity contribution in [3.8, 4) is 0 Å². The number of rotatable bonds is 6. The minimum Gasteiger partial charge on any atom is -0.355 e. The van der Waals surface area contributed by atoms with E-state index >= 15 is 0 Å². The van der Waals surface area contributed by atoms with Gasteiger partial charge in [-0.05, 0) is 36.6 Å². The number of carbonyl (C=O) groups excluding carboxylic acids is 2. The molecule has 2 aromatic carbocycles. The largest absolute Gasteiger partial charge is 0.355 e. The Kier molecular flexibility index (Phi) is 5.41. The second kappa shape index (κ2) is 7.75. The Morgan fingerprint density at radius 3 is 2.41 bits per heavy atom. The molecule has 0 unspecified atom stereocenters. The van der Waals surface area contributed by atoms with Gasteiger partial charge in [0.05, 0.1) is 15.5 Å². The molecule has 2 aromatic rings. The maximum absolute atomic E-state index is 13.0. The number of nitrogens with zero attached hydrogens (tertiary/aromatic N) is 2. The monoisotopic (exact) mass is 387 g/mol. The summed E-state index contributed by atoms with van der Waals surface area (Å²) in [4.78, 5) is 36.6. The Balaban J connectivity index is 1.81. The molecule has 0 bridgehead atoms. The average molecular weight is 388 g/mol. The normalized spacial score (nSPS) is 13.1. The van der Waals surface area contributed by atoms with E-state index in [1.54, 1.807) is 24.1 Å². The van der Waals surface area contributed by atoms with Gasteiger partial charge in [-0.2, -0.15) is 0 Å².